The lowest BCUT2D eigenvalue weighted by Crippen LogP contribution is -1.85. The van der Waals surface area contributed by atoms with Crippen LogP contribution in [-0.2, 0) is 0 Å². The highest BCUT2D eigenvalue weighted by Crippen LogP contribution is 2.20. The quantitative estimate of drug-likeness (QED) is 0.633. The van der Waals surface area contributed by atoms with Gasteiger partial charge in [0.2, 0.25) is 5.89 Å². The predicted octanol–water partition coefficient (Wildman–Crippen LogP) is 2.72. The molecule has 0 unspecified atom stereocenters. The van der Waals surface area contributed by atoms with Crippen molar-refractivity contribution in [3.63, 3.8) is 0 Å². The van der Waals surface area contributed by atoms with E-state index in [2.05, 4.69) is 23.2 Å². The number of aryl methyl sites for hydroxylation is 1. The standard InChI is InChI=1S/C10H11NO/c1-8-7-12-10(11-8)9-5-3-2-4-6-9/h3,5-7H,2,4H2,1H3. The molecule has 1 aromatic heterocycles. The lowest BCUT2D eigenvalue weighted by Gasteiger charge is -2.00. The van der Waals surface area contributed by atoms with Crippen LogP contribution in [0.4, 0.5) is 0 Å². The summed E-state index contributed by atoms with van der Waals surface area (Å²) in [6.07, 6.45) is 10.3. The Morgan fingerprint density at radius 2 is 2.33 bits per heavy atom. The second-order valence-electron chi connectivity index (χ2n) is 2.93. The van der Waals surface area contributed by atoms with Gasteiger partial charge in [-0.05, 0) is 19.8 Å². The number of rotatable bonds is 1. The zero-order chi connectivity index (χ0) is 8.39. The molecule has 0 saturated carbocycles. The van der Waals surface area contributed by atoms with Gasteiger partial charge in [0.05, 0.1) is 5.69 Å². The highest BCUT2D eigenvalue weighted by Gasteiger charge is 2.05. The van der Waals surface area contributed by atoms with Crippen molar-refractivity contribution in [3.8, 4) is 0 Å². The summed E-state index contributed by atoms with van der Waals surface area (Å²) in [5, 5.41) is 0. The molecule has 0 atom stereocenters. The summed E-state index contributed by atoms with van der Waals surface area (Å²) in [7, 11) is 0. The van der Waals surface area contributed by atoms with E-state index in [4.69, 9.17) is 4.42 Å². The number of aromatic nitrogens is 1. The van der Waals surface area contributed by atoms with Crippen LogP contribution < -0.4 is 0 Å². The molecule has 0 aliphatic heterocycles. The van der Waals surface area contributed by atoms with Crippen molar-refractivity contribution in [1.82, 2.24) is 4.98 Å². The highest BCUT2D eigenvalue weighted by molar-refractivity contribution is 5.69. The van der Waals surface area contributed by atoms with E-state index in [0.717, 1.165) is 30.0 Å². The van der Waals surface area contributed by atoms with Gasteiger partial charge in [0.1, 0.15) is 6.26 Å². The van der Waals surface area contributed by atoms with Crippen molar-refractivity contribution in [2.45, 2.75) is 19.8 Å². The molecule has 0 saturated heterocycles. The maximum absolute atomic E-state index is 5.27. The first-order chi connectivity index (χ1) is 5.86. The Kier molecular flexibility index (Phi) is 1.82. The number of allylic oxidation sites excluding steroid dienone is 4. The molecule has 62 valence electrons. The molecule has 0 amide bonds. The number of oxazole rings is 1. The molecule has 0 aromatic carbocycles. The van der Waals surface area contributed by atoms with Gasteiger partial charge in [-0.1, -0.05) is 18.2 Å². The SMILES string of the molecule is Cc1coc(C2=CCCC=C2)n1. The van der Waals surface area contributed by atoms with E-state index in [9.17, 15) is 0 Å². The van der Waals surface area contributed by atoms with Crippen molar-refractivity contribution < 1.29 is 4.42 Å². The molecule has 1 aliphatic rings. The van der Waals surface area contributed by atoms with Crippen LogP contribution in [-0.4, -0.2) is 4.98 Å². The fourth-order valence-electron chi connectivity index (χ4n) is 1.26. The highest BCUT2D eigenvalue weighted by atomic mass is 16.3. The van der Waals surface area contributed by atoms with Gasteiger partial charge in [-0.3, -0.25) is 0 Å². The van der Waals surface area contributed by atoms with Crippen LogP contribution in [0.15, 0.2) is 28.9 Å². The Labute approximate surface area is 71.6 Å². The first-order valence-electron chi connectivity index (χ1n) is 4.15. The number of nitrogens with zero attached hydrogens (tertiary/aromatic N) is 1. The first kappa shape index (κ1) is 7.35. The van der Waals surface area contributed by atoms with Crippen LogP contribution in [0.3, 0.4) is 0 Å². The molecular weight excluding hydrogens is 150 g/mol. The zero-order valence-electron chi connectivity index (χ0n) is 7.08. The molecule has 2 rings (SSSR count). The zero-order valence-corrected chi connectivity index (χ0v) is 7.08. The second kappa shape index (κ2) is 2.97. The lowest BCUT2D eigenvalue weighted by atomic mass is 10.1. The van der Waals surface area contributed by atoms with Crippen LogP contribution in [0.2, 0.25) is 0 Å². The molecule has 1 aromatic rings. The smallest absolute Gasteiger partial charge is 0.225 e. The molecule has 0 fully saturated rings. The van der Waals surface area contributed by atoms with Crippen LogP contribution in [0.5, 0.6) is 0 Å². The van der Waals surface area contributed by atoms with Crippen molar-refractivity contribution in [1.29, 1.82) is 0 Å². The lowest BCUT2D eigenvalue weighted by molar-refractivity contribution is 0.542. The Morgan fingerprint density at radius 1 is 1.42 bits per heavy atom. The molecular formula is C10H11NO. The molecule has 12 heavy (non-hydrogen) atoms. The van der Waals surface area contributed by atoms with E-state index in [0.29, 0.717) is 0 Å². The summed E-state index contributed by atoms with van der Waals surface area (Å²) < 4.78 is 5.27. The maximum atomic E-state index is 5.27. The van der Waals surface area contributed by atoms with Crippen molar-refractivity contribution >= 4 is 5.57 Å². The minimum atomic E-state index is 0.739. The van der Waals surface area contributed by atoms with Gasteiger partial charge in [-0.25, -0.2) is 4.98 Å². The van der Waals surface area contributed by atoms with Crippen LogP contribution in [0.25, 0.3) is 5.57 Å². The van der Waals surface area contributed by atoms with Gasteiger partial charge in [0, 0.05) is 5.57 Å². The van der Waals surface area contributed by atoms with Gasteiger partial charge >= 0.3 is 0 Å². The third-order valence-electron chi connectivity index (χ3n) is 1.86. The fourth-order valence-corrected chi connectivity index (χ4v) is 1.26. The Bertz CT molecular complexity index is 333. The summed E-state index contributed by atoms with van der Waals surface area (Å²) in [5.41, 5.74) is 2.04. The third-order valence-corrected chi connectivity index (χ3v) is 1.86. The molecule has 2 heteroatoms. The average Bonchev–Trinajstić information content (AvgIpc) is 2.54. The molecule has 0 N–H and O–H groups in total. The molecule has 0 bridgehead atoms. The number of hydrogen-bond acceptors (Lipinski definition) is 2. The minimum Gasteiger partial charge on any atom is -0.444 e. The van der Waals surface area contributed by atoms with E-state index in [1.165, 1.54) is 0 Å². The van der Waals surface area contributed by atoms with Gasteiger partial charge in [0.25, 0.3) is 0 Å². The summed E-state index contributed by atoms with van der Waals surface area (Å²) in [6, 6.07) is 0. The van der Waals surface area contributed by atoms with E-state index >= 15 is 0 Å². The van der Waals surface area contributed by atoms with Crippen LogP contribution in [0.1, 0.15) is 24.4 Å². The van der Waals surface area contributed by atoms with E-state index in [1.54, 1.807) is 6.26 Å². The first-order valence-corrected chi connectivity index (χ1v) is 4.15. The monoisotopic (exact) mass is 161 g/mol. The van der Waals surface area contributed by atoms with Crippen LogP contribution in [0, 0.1) is 6.92 Å². The van der Waals surface area contributed by atoms with Crippen LogP contribution >= 0.6 is 0 Å². The summed E-state index contributed by atoms with van der Waals surface area (Å²) in [5.74, 6) is 0.739. The molecule has 0 spiro atoms. The summed E-state index contributed by atoms with van der Waals surface area (Å²) >= 11 is 0. The fraction of sp³-hybridized carbons (Fsp3) is 0.300. The summed E-state index contributed by atoms with van der Waals surface area (Å²) in [4.78, 5) is 4.25. The van der Waals surface area contributed by atoms with E-state index < -0.39 is 0 Å². The molecule has 0 radical (unpaired) electrons. The largest absolute Gasteiger partial charge is 0.444 e. The van der Waals surface area contributed by atoms with Gasteiger partial charge < -0.3 is 4.42 Å². The molecule has 2 nitrogen and oxygen atoms in total. The van der Waals surface area contributed by atoms with Gasteiger partial charge in [0.15, 0.2) is 0 Å². The Hall–Kier alpha value is -1.31. The van der Waals surface area contributed by atoms with Crippen molar-refractivity contribution in [2.24, 2.45) is 0 Å². The average molecular weight is 161 g/mol. The predicted molar refractivity (Wildman–Crippen MR) is 47.6 cm³/mol. The summed E-state index contributed by atoms with van der Waals surface area (Å²) in [6.45, 7) is 1.93. The second-order valence-corrected chi connectivity index (χ2v) is 2.93. The number of hydrogen-bond donors (Lipinski definition) is 0. The molecule has 1 heterocycles. The van der Waals surface area contributed by atoms with Gasteiger partial charge in [-0.15, -0.1) is 0 Å². The Morgan fingerprint density at radius 3 is 2.92 bits per heavy atom. The normalized spacial score (nSPS) is 16.2. The molecule has 1 aliphatic carbocycles. The van der Waals surface area contributed by atoms with Gasteiger partial charge in [-0.2, -0.15) is 0 Å². The maximum Gasteiger partial charge on any atom is 0.225 e. The third kappa shape index (κ3) is 1.33. The Balaban J connectivity index is 2.30. The minimum absolute atomic E-state index is 0.739. The van der Waals surface area contributed by atoms with Crippen molar-refractivity contribution in [2.75, 3.05) is 0 Å². The van der Waals surface area contributed by atoms with E-state index in [1.807, 2.05) is 6.92 Å². The topological polar surface area (TPSA) is 26.0 Å². The van der Waals surface area contributed by atoms with E-state index in [-0.39, 0.29) is 0 Å². The van der Waals surface area contributed by atoms with Crippen molar-refractivity contribution in [3.05, 3.63) is 36.1 Å².